The molecule has 0 heterocycles. The first kappa shape index (κ1) is 68.1. The molecule has 0 saturated carbocycles. The molecule has 412 valence electrons. The van der Waals surface area contributed by atoms with Crippen LogP contribution in [0.3, 0.4) is 0 Å². The SMILES string of the molecule is CCCC/C=C\CCCCCCCC(=O)OCCCCCCCCCCCCCC/C=C\CCCCCCCCCCCCCCCCC(=O)NC(CO)C(O)/C=C/CCCCCCCCCCCC. The summed E-state index contributed by atoms with van der Waals surface area (Å²) in [6, 6.07) is -0.625. The molecular weight excluding hydrogens is 863 g/mol. The summed E-state index contributed by atoms with van der Waals surface area (Å²) >= 11 is 0. The molecule has 70 heavy (non-hydrogen) atoms. The van der Waals surface area contributed by atoms with Crippen LogP contribution in [0.15, 0.2) is 36.5 Å². The number of ether oxygens (including phenoxy) is 1. The maximum atomic E-state index is 12.4. The van der Waals surface area contributed by atoms with Gasteiger partial charge in [0.05, 0.1) is 25.4 Å². The number of allylic oxidation sites excluding steroid dienone is 5. The molecule has 2 unspecified atom stereocenters. The van der Waals surface area contributed by atoms with Crippen LogP contribution >= 0.6 is 0 Å². The molecule has 0 saturated heterocycles. The lowest BCUT2D eigenvalue weighted by atomic mass is 10.0. The van der Waals surface area contributed by atoms with E-state index in [2.05, 4.69) is 43.5 Å². The van der Waals surface area contributed by atoms with Gasteiger partial charge >= 0.3 is 5.97 Å². The largest absolute Gasteiger partial charge is 0.466 e. The summed E-state index contributed by atoms with van der Waals surface area (Å²) in [5.41, 5.74) is 0. The zero-order valence-corrected chi connectivity index (χ0v) is 47.0. The lowest BCUT2D eigenvalue weighted by Gasteiger charge is -2.20. The van der Waals surface area contributed by atoms with Gasteiger partial charge in [0.25, 0.3) is 0 Å². The highest BCUT2D eigenvalue weighted by Gasteiger charge is 2.18. The Balaban J connectivity index is 3.37. The number of hydrogen-bond donors (Lipinski definition) is 3. The minimum atomic E-state index is -0.842. The summed E-state index contributed by atoms with van der Waals surface area (Å²) < 4.78 is 5.46. The van der Waals surface area contributed by atoms with E-state index in [0.29, 0.717) is 19.4 Å². The number of esters is 1. The number of carbonyl (C=O) groups excluding carboxylic acids is 2. The number of hydrogen-bond acceptors (Lipinski definition) is 5. The Labute approximate surface area is 436 Å². The lowest BCUT2D eigenvalue weighted by Crippen LogP contribution is -2.45. The highest BCUT2D eigenvalue weighted by Crippen LogP contribution is 2.17. The Kier molecular flexibility index (Phi) is 58.0. The molecule has 0 aliphatic carbocycles. The molecule has 6 heteroatoms. The third kappa shape index (κ3) is 55.4. The predicted molar refractivity (Wildman–Crippen MR) is 306 cm³/mol. The number of aliphatic hydroxyl groups is 2. The van der Waals surface area contributed by atoms with Crippen molar-refractivity contribution in [1.29, 1.82) is 0 Å². The fourth-order valence-electron chi connectivity index (χ4n) is 9.55. The van der Waals surface area contributed by atoms with Crippen LogP contribution in [-0.4, -0.2) is 47.4 Å². The maximum Gasteiger partial charge on any atom is 0.305 e. The Morgan fingerprint density at radius 2 is 0.686 bits per heavy atom. The van der Waals surface area contributed by atoms with Crippen molar-refractivity contribution in [2.24, 2.45) is 0 Å². The lowest BCUT2D eigenvalue weighted by molar-refractivity contribution is -0.143. The van der Waals surface area contributed by atoms with Gasteiger partial charge in [0.2, 0.25) is 5.91 Å². The first-order valence-corrected chi connectivity index (χ1v) is 31.3. The van der Waals surface area contributed by atoms with E-state index in [1.807, 2.05) is 6.08 Å². The second-order valence-corrected chi connectivity index (χ2v) is 21.4. The van der Waals surface area contributed by atoms with Gasteiger partial charge in [-0.1, -0.05) is 281 Å². The Morgan fingerprint density at radius 3 is 1.06 bits per heavy atom. The van der Waals surface area contributed by atoms with Gasteiger partial charge in [0, 0.05) is 12.8 Å². The Morgan fingerprint density at radius 1 is 0.386 bits per heavy atom. The second kappa shape index (κ2) is 59.6. The fourth-order valence-corrected chi connectivity index (χ4v) is 9.55. The van der Waals surface area contributed by atoms with Gasteiger partial charge in [0.15, 0.2) is 0 Å². The smallest absolute Gasteiger partial charge is 0.305 e. The van der Waals surface area contributed by atoms with E-state index >= 15 is 0 Å². The predicted octanol–water partition coefficient (Wildman–Crippen LogP) is 19.6. The quantitative estimate of drug-likeness (QED) is 0.0321. The van der Waals surface area contributed by atoms with E-state index in [1.165, 1.54) is 263 Å². The van der Waals surface area contributed by atoms with Crippen molar-refractivity contribution in [1.82, 2.24) is 5.32 Å². The van der Waals surface area contributed by atoms with Crippen molar-refractivity contribution < 1.29 is 24.5 Å². The second-order valence-electron chi connectivity index (χ2n) is 21.4. The van der Waals surface area contributed by atoms with Gasteiger partial charge in [-0.25, -0.2) is 0 Å². The summed E-state index contributed by atoms with van der Waals surface area (Å²) in [5, 5.41) is 23.1. The van der Waals surface area contributed by atoms with E-state index in [1.54, 1.807) is 6.08 Å². The molecule has 0 aromatic heterocycles. The Bertz CT molecular complexity index is 1130. The van der Waals surface area contributed by atoms with E-state index in [4.69, 9.17) is 4.74 Å². The van der Waals surface area contributed by atoms with Crippen LogP contribution in [0, 0.1) is 0 Å². The summed E-state index contributed by atoms with van der Waals surface area (Å²) in [6.45, 7) is 4.87. The fraction of sp³-hybridized carbons (Fsp3) is 0.875. The molecule has 0 rings (SSSR count). The standard InChI is InChI=1S/C64H121NO5/c1-3-5-7-9-11-13-15-37-40-44-48-52-56-62(67)61(60-66)65-63(68)57-53-49-45-41-38-34-32-30-28-26-24-22-20-18-16-17-19-21-23-25-27-29-31-33-35-39-43-47-51-55-59-70-64(69)58-54-50-46-42-36-14-12-10-8-6-4-2/h10,12,17,19,52,56,61-62,66-67H,3-9,11,13-16,18,20-51,53-55,57-60H2,1-2H3,(H,65,68)/b12-10-,19-17-,56-52+. The van der Waals surface area contributed by atoms with Crippen molar-refractivity contribution in [2.75, 3.05) is 13.2 Å². The van der Waals surface area contributed by atoms with Gasteiger partial charge in [-0.3, -0.25) is 9.59 Å². The van der Waals surface area contributed by atoms with Gasteiger partial charge in [-0.05, 0) is 77.0 Å². The molecule has 0 aromatic carbocycles. The van der Waals surface area contributed by atoms with Crippen molar-refractivity contribution in [3.05, 3.63) is 36.5 Å². The molecule has 0 bridgehead atoms. The molecule has 0 fully saturated rings. The molecule has 3 N–H and O–H groups in total. The first-order chi connectivity index (χ1) is 34.5. The van der Waals surface area contributed by atoms with E-state index in [-0.39, 0.29) is 18.5 Å². The van der Waals surface area contributed by atoms with E-state index in [0.717, 1.165) is 44.9 Å². The molecule has 0 aliphatic heterocycles. The van der Waals surface area contributed by atoms with Gasteiger partial charge in [-0.15, -0.1) is 0 Å². The molecule has 0 aromatic rings. The van der Waals surface area contributed by atoms with Crippen molar-refractivity contribution in [3.8, 4) is 0 Å². The molecule has 0 spiro atoms. The van der Waals surface area contributed by atoms with Crippen LogP contribution in [0.1, 0.15) is 335 Å². The summed E-state index contributed by atoms with van der Waals surface area (Å²) in [6.07, 6.45) is 74.9. The minimum Gasteiger partial charge on any atom is -0.466 e. The van der Waals surface area contributed by atoms with Crippen molar-refractivity contribution in [3.63, 3.8) is 0 Å². The van der Waals surface area contributed by atoms with Crippen LogP contribution in [0.2, 0.25) is 0 Å². The topological polar surface area (TPSA) is 95.9 Å². The molecule has 2 atom stereocenters. The van der Waals surface area contributed by atoms with Crippen LogP contribution in [0.5, 0.6) is 0 Å². The number of carbonyl (C=O) groups is 2. The summed E-state index contributed by atoms with van der Waals surface area (Å²) in [5.74, 6) is -0.0611. The highest BCUT2D eigenvalue weighted by molar-refractivity contribution is 5.76. The molecule has 0 aliphatic rings. The van der Waals surface area contributed by atoms with Crippen LogP contribution in [0.4, 0.5) is 0 Å². The number of aliphatic hydroxyl groups excluding tert-OH is 2. The summed E-state index contributed by atoms with van der Waals surface area (Å²) in [4.78, 5) is 24.4. The monoisotopic (exact) mass is 984 g/mol. The minimum absolute atomic E-state index is 0.00546. The average molecular weight is 985 g/mol. The van der Waals surface area contributed by atoms with Crippen LogP contribution in [0.25, 0.3) is 0 Å². The molecule has 1 amide bonds. The van der Waals surface area contributed by atoms with E-state index in [9.17, 15) is 19.8 Å². The maximum absolute atomic E-state index is 12.4. The zero-order valence-electron chi connectivity index (χ0n) is 47.0. The Hall–Kier alpha value is -1.92. The van der Waals surface area contributed by atoms with Crippen molar-refractivity contribution in [2.45, 2.75) is 347 Å². The van der Waals surface area contributed by atoms with Gasteiger partial charge in [0.1, 0.15) is 0 Å². The third-order valence-corrected chi connectivity index (χ3v) is 14.4. The number of amides is 1. The van der Waals surface area contributed by atoms with Gasteiger partial charge < -0.3 is 20.3 Å². The van der Waals surface area contributed by atoms with Crippen LogP contribution < -0.4 is 5.32 Å². The zero-order chi connectivity index (χ0) is 50.7. The highest BCUT2D eigenvalue weighted by atomic mass is 16.5. The molecular formula is C64H121NO5. The number of rotatable bonds is 58. The molecule has 6 nitrogen and oxygen atoms in total. The average Bonchev–Trinajstić information content (AvgIpc) is 3.36. The molecule has 0 radical (unpaired) electrons. The van der Waals surface area contributed by atoms with Gasteiger partial charge in [-0.2, -0.15) is 0 Å². The van der Waals surface area contributed by atoms with Crippen molar-refractivity contribution >= 4 is 11.9 Å². The van der Waals surface area contributed by atoms with E-state index < -0.39 is 12.1 Å². The first-order valence-electron chi connectivity index (χ1n) is 31.3. The number of unbranched alkanes of at least 4 members (excludes halogenated alkanes) is 43. The normalized spacial score (nSPS) is 12.8. The van der Waals surface area contributed by atoms with Crippen LogP contribution in [-0.2, 0) is 14.3 Å². The number of nitrogens with one attached hydrogen (secondary N) is 1. The third-order valence-electron chi connectivity index (χ3n) is 14.4. The summed E-state index contributed by atoms with van der Waals surface area (Å²) in [7, 11) is 0.